The van der Waals surface area contributed by atoms with Crippen molar-refractivity contribution in [1.82, 2.24) is 4.90 Å². The Morgan fingerprint density at radius 2 is 2.25 bits per heavy atom. The van der Waals surface area contributed by atoms with Crippen molar-refractivity contribution in [1.29, 1.82) is 0 Å². The van der Waals surface area contributed by atoms with E-state index in [1.807, 2.05) is 12.1 Å². The van der Waals surface area contributed by atoms with E-state index in [2.05, 4.69) is 34.3 Å². The van der Waals surface area contributed by atoms with Crippen molar-refractivity contribution in [3.63, 3.8) is 0 Å². The molecule has 108 valence electrons. The smallest absolute Gasteiger partial charge is 0.193 e. The second kappa shape index (κ2) is 5.83. The molecule has 1 atom stereocenters. The summed E-state index contributed by atoms with van der Waals surface area (Å²) >= 11 is 0. The average Bonchev–Trinajstić information content (AvgIpc) is 3.16. The lowest BCUT2D eigenvalue weighted by molar-refractivity contribution is 0.315. The summed E-state index contributed by atoms with van der Waals surface area (Å²) in [4.78, 5) is 7.12. The molecule has 20 heavy (non-hydrogen) atoms. The summed E-state index contributed by atoms with van der Waals surface area (Å²) in [6, 6.07) is 9.07. The van der Waals surface area contributed by atoms with Gasteiger partial charge in [-0.05, 0) is 56.3 Å². The third-order valence-electron chi connectivity index (χ3n) is 4.19. The van der Waals surface area contributed by atoms with Crippen molar-refractivity contribution in [2.24, 2.45) is 16.6 Å². The first kappa shape index (κ1) is 13.4. The van der Waals surface area contributed by atoms with Crippen molar-refractivity contribution >= 4 is 11.6 Å². The van der Waals surface area contributed by atoms with Gasteiger partial charge in [0.1, 0.15) is 0 Å². The molecule has 3 rings (SSSR count). The van der Waals surface area contributed by atoms with Crippen LogP contribution in [0.3, 0.4) is 0 Å². The second-order valence-corrected chi connectivity index (χ2v) is 6.10. The number of anilines is 1. The molecule has 0 spiro atoms. The Morgan fingerprint density at radius 1 is 1.40 bits per heavy atom. The van der Waals surface area contributed by atoms with Crippen LogP contribution in [-0.2, 0) is 0 Å². The number of aryl methyl sites for hydroxylation is 1. The van der Waals surface area contributed by atoms with Crippen LogP contribution >= 0.6 is 0 Å². The SMILES string of the molecule is Cc1cccc(NC(N)=NCC2CCN(C3CC3)C2)c1. The van der Waals surface area contributed by atoms with Gasteiger partial charge in [-0.15, -0.1) is 0 Å². The maximum atomic E-state index is 5.97. The summed E-state index contributed by atoms with van der Waals surface area (Å²) in [5.41, 5.74) is 8.20. The van der Waals surface area contributed by atoms with E-state index >= 15 is 0 Å². The monoisotopic (exact) mass is 272 g/mol. The highest BCUT2D eigenvalue weighted by atomic mass is 15.2. The van der Waals surface area contributed by atoms with E-state index in [1.165, 1.54) is 37.9 Å². The molecule has 0 amide bonds. The topological polar surface area (TPSA) is 53.6 Å². The number of aliphatic imine (C=N–C) groups is 1. The van der Waals surface area contributed by atoms with Crippen LogP contribution in [0, 0.1) is 12.8 Å². The lowest BCUT2D eigenvalue weighted by Gasteiger charge is -2.13. The highest BCUT2D eigenvalue weighted by Gasteiger charge is 2.34. The molecule has 0 radical (unpaired) electrons. The molecular formula is C16H24N4. The van der Waals surface area contributed by atoms with E-state index in [0.717, 1.165) is 18.3 Å². The number of nitrogens with two attached hydrogens (primary N) is 1. The Morgan fingerprint density at radius 3 is 3.00 bits per heavy atom. The number of hydrogen-bond donors (Lipinski definition) is 2. The normalized spacial score (nSPS) is 24.1. The summed E-state index contributed by atoms with van der Waals surface area (Å²) in [5, 5.41) is 3.17. The first-order valence-corrected chi connectivity index (χ1v) is 7.58. The van der Waals surface area contributed by atoms with Gasteiger partial charge in [0.2, 0.25) is 0 Å². The minimum Gasteiger partial charge on any atom is -0.370 e. The fourth-order valence-electron chi connectivity index (χ4n) is 2.92. The largest absolute Gasteiger partial charge is 0.370 e. The lowest BCUT2D eigenvalue weighted by Crippen LogP contribution is -2.25. The molecule has 1 saturated carbocycles. The summed E-state index contributed by atoms with van der Waals surface area (Å²) in [6.07, 6.45) is 4.05. The average molecular weight is 272 g/mol. The first-order chi connectivity index (χ1) is 9.70. The van der Waals surface area contributed by atoms with Crippen molar-refractivity contribution in [2.75, 3.05) is 25.0 Å². The van der Waals surface area contributed by atoms with E-state index in [1.54, 1.807) is 0 Å². The van der Waals surface area contributed by atoms with Crippen LogP contribution in [-0.4, -0.2) is 36.5 Å². The third kappa shape index (κ3) is 3.51. The first-order valence-electron chi connectivity index (χ1n) is 7.58. The van der Waals surface area contributed by atoms with Gasteiger partial charge in [-0.1, -0.05) is 12.1 Å². The zero-order valence-electron chi connectivity index (χ0n) is 12.2. The second-order valence-electron chi connectivity index (χ2n) is 6.10. The fourth-order valence-corrected chi connectivity index (χ4v) is 2.92. The van der Waals surface area contributed by atoms with Gasteiger partial charge in [-0.3, -0.25) is 4.99 Å². The molecule has 2 fully saturated rings. The zero-order chi connectivity index (χ0) is 13.9. The number of nitrogens with one attached hydrogen (secondary N) is 1. The fraction of sp³-hybridized carbons (Fsp3) is 0.562. The van der Waals surface area contributed by atoms with Gasteiger partial charge < -0.3 is 16.0 Å². The number of guanidine groups is 1. The summed E-state index contributed by atoms with van der Waals surface area (Å²) in [5.74, 6) is 1.20. The van der Waals surface area contributed by atoms with Gasteiger partial charge in [0.05, 0.1) is 0 Å². The van der Waals surface area contributed by atoms with Crippen LogP contribution in [0.25, 0.3) is 0 Å². The van der Waals surface area contributed by atoms with Gasteiger partial charge in [-0.25, -0.2) is 0 Å². The van der Waals surface area contributed by atoms with Gasteiger partial charge in [0.15, 0.2) is 5.96 Å². The standard InChI is InChI=1S/C16H24N4/c1-12-3-2-4-14(9-12)19-16(17)18-10-13-7-8-20(11-13)15-5-6-15/h2-4,9,13,15H,5-8,10-11H2,1H3,(H3,17,18,19). The van der Waals surface area contributed by atoms with Crippen LogP contribution in [0.5, 0.6) is 0 Å². The predicted octanol–water partition coefficient (Wildman–Crippen LogP) is 2.21. The van der Waals surface area contributed by atoms with Crippen molar-refractivity contribution < 1.29 is 0 Å². The molecule has 2 aliphatic rings. The molecule has 1 aromatic rings. The highest BCUT2D eigenvalue weighted by molar-refractivity contribution is 5.92. The van der Waals surface area contributed by atoms with Gasteiger partial charge in [0.25, 0.3) is 0 Å². The molecule has 1 aliphatic carbocycles. The van der Waals surface area contributed by atoms with E-state index in [9.17, 15) is 0 Å². The molecule has 0 aromatic heterocycles. The van der Waals surface area contributed by atoms with Gasteiger partial charge >= 0.3 is 0 Å². The Kier molecular flexibility index (Phi) is 3.92. The number of rotatable bonds is 4. The Bertz CT molecular complexity index is 493. The Hall–Kier alpha value is -1.55. The van der Waals surface area contributed by atoms with Crippen molar-refractivity contribution in [2.45, 2.75) is 32.2 Å². The summed E-state index contributed by atoms with van der Waals surface area (Å²) in [7, 11) is 0. The maximum absolute atomic E-state index is 5.97. The molecule has 4 heteroatoms. The number of hydrogen-bond acceptors (Lipinski definition) is 2. The summed E-state index contributed by atoms with van der Waals surface area (Å²) in [6.45, 7) is 5.36. The van der Waals surface area contributed by atoms with E-state index in [-0.39, 0.29) is 0 Å². The number of nitrogens with zero attached hydrogens (tertiary/aromatic N) is 2. The third-order valence-corrected chi connectivity index (χ3v) is 4.19. The minimum absolute atomic E-state index is 0.528. The Balaban J connectivity index is 1.48. The highest BCUT2D eigenvalue weighted by Crippen LogP contribution is 2.31. The van der Waals surface area contributed by atoms with Gasteiger partial charge in [0, 0.05) is 24.8 Å². The van der Waals surface area contributed by atoms with Crippen molar-refractivity contribution in [3.05, 3.63) is 29.8 Å². The van der Waals surface area contributed by atoms with E-state index < -0.39 is 0 Å². The van der Waals surface area contributed by atoms with E-state index in [4.69, 9.17) is 5.73 Å². The van der Waals surface area contributed by atoms with Crippen LogP contribution in [0.1, 0.15) is 24.8 Å². The van der Waals surface area contributed by atoms with E-state index in [0.29, 0.717) is 11.9 Å². The van der Waals surface area contributed by atoms with Gasteiger partial charge in [-0.2, -0.15) is 0 Å². The van der Waals surface area contributed by atoms with Crippen LogP contribution in [0.2, 0.25) is 0 Å². The number of likely N-dealkylation sites (tertiary alicyclic amines) is 1. The molecule has 4 nitrogen and oxygen atoms in total. The molecule has 1 aliphatic heterocycles. The Labute approximate surface area is 121 Å². The quantitative estimate of drug-likeness (QED) is 0.652. The van der Waals surface area contributed by atoms with Crippen molar-refractivity contribution in [3.8, 4) is 0 Å². The lowest BCUT2D eigenvalue weighted by atomic mass is 10.1. The summed E-state index contributed by atoms with van der Waals surface area (Å²) < 4.78 is 0. The molecule has 3 N–H and O–H groups in total. The molecule has 0 bridgehead atoms. The van der Waals surface area contributed by atoms with Crippen LogP contribution in [0.15, 0.2) is 29.3 Å². The zero-order valence-corrected chi connectivity index (χ0v) is 12.2. The predicted molar refractivity (Wildman–Crippen MR) is 84.0 cm³/mol. The molecular weight excluding hydrogens is 248 g/mol. The maximum Gasteiger partial charge on any atom is 0.193 e. The molecule has 1 unspecified atom stereocenters. The van der Waals surface area contributed by atoms with Crippen LogP contribution < -0.4 is 11.1 Å². The molecule has 1 heterocycles. The van der Waals surface area contributed by atoms with Crippen LogP contribution in [0.4, 0.5) is 5.69 Å². The number of benzene rings is 1. The molecule has 1 saturated heterocycles. The molecule has 1 aromatic carbocycles. The minimum atomic E-state index is 0.528.